The Balaban J connectivity index is 1.96. The number of nitrogens with one attached hydrogen (secondary N) is 3. The Morgan fingerprint density at radius 3 is 1.91 bits per heavy atom. The van der Waals surface area contributed by atoms with E-state index in [-0.39, 0.29) is 4.90 Å². The molecule has 0 radical (unpaired) electrons. The van der Waals surface area contributed by atoms with E-state index >= 15 is 0 Å². The molecule has 2 aromatic carbocycles. The summed E-state index contributed by atoms with van der Waals surface area (Å²) in [4.78, 5) is 24.9. The highest BCUT2D eigenvalue weighted by atomic mass is 32.2. The second-order valence-corrected chi connectivity index (χ2v) is 9.73. The first-order chi connectivity index (χ1) is 15.9. The van der Waals surface area contributed by atoms with Crippen molar-refractivity contribution in [1.29, 1.82) is 0 Å². The summed E-state index contributed by atoms with van der Waals surface area (Å²) in [7, 11) is -3.97. The molecular weight excluding hydrogens is 458 g/mol. The van der Waals surface area contributed by atoms with Crippen LogP contribution in [0.5, 0.6) is 11.5 Å². The molecule has 0 heterocycles. The number of hydrogen-bond acceptors (Lipinski definition) is 6. The molecule has 0 saturated carbocycles. The summed E-state index contributed by atoms with van der Waals surface area (Å²) in [6, 6.07) is 7.57. The van der Waals surface area contributed by atoms with Crippen molar-refractivity contribution in [2.24, 2.45) is 0 Å². The van der Waals surface area contributed by atoms with Crippen molar-refractivity contribution in [3.05, 3.63) is 52.6 Å². The van der Waals surface area contributed by atoms with Gasteiger partial charge in [0.05, 0.1) is 17.5 Å². The monoisotopic (exact) mass is 491 g/mol. The number of hydrazine groups is 1. The van der Waals surface area contributed by atoms with Gasteiger partial charge >= 0.3 is 0 Å². The number of carbonyl (C=O) groups excluding carboxylic acids is 2. The number of carbonyl (C=O) groups is 2. The number of benzene rings is 2. The van der Waals surface area contributed by atoms with Crippen molar-refractivity contribution >= 4 is 21.8 Å². The topological polar surface area (TPSA) is 123 Å². The molecule has 10 heteroatoms. The summed E-state index contributed by atoms with van der Waals surface area (Å²) in [6.07, 6.45) is -0.911. The molecular formula is C24H33N3O6S. The summed E-state index contributed by atoms with van der Waals surface area (Å²) < 4.78 is 39.3. The fraction of sp³-hybridized carbons (Fsp3) is 0.417. The van der Waals surface area contributed by atoms with Crippen molar-refractivity contribution in [3.63, 3.8) is 0 Å². The summed E-state index contributed by atoms with van der Waals surface area (Å²) in [6.45, 7) is 12.5. The minimum absolute atomic E-state index is 0.158. The fourth-order valence-corrected chi connectivity index (χ4v) is 5.12. The maximum absolute atomic E-state index is 13.0. The van der Waals surface area contributed by atoms with E-state index in [0.717, 1.165) is 11.1 Å². The average molecular weight is 492 g/mol. The molecule has 2 rings (SSSR count). The molecule has 0 aromatic heterocycles. The van der Waals surface area contributed by atoms with E-state index in [1.54, 1.807) is 38.1 Å². The molecule has 9 nitrogen and oxygen atoms in total. The lowest BCUT2D eigenvalue weighted by molar-refractivity contribution is -0.133. The second-order valence-electron chi connectivity index (χ2n) is 8.08. The SMILES string of the molecule is CCOc1ccc(OC(C)C(=O)NNC(=O)[C@H](C)NS(=O)(=O)c2c(C)c(C)cc(C)c2C)cc1. The highest BCUT2D eigenvalue weighted by Gasteiger charge is 2.27. The van der Waals surface area contributed by atoms with Crippen molar-refractivity contribution in [1.82, 2.24) is 15.6 Å². The first kappa shape index (κ1) is 27.1. The standard InChI is InChI=1S/C24H33N3O6S/c1-8-32-20-9-11-21(12-10-20)33-19(7)24(29)26-25-23(28)18(6)27-34(30,31)22-16(4)14(2)13-15(3)17(22)5/h9-13,18-19,27H,8H2,1-7H3,(H,25,28)(H,26,29)/t18-,19?/m0/s1. The summed E-state index contributed by atoms with van der Waals surface area (Å²) in [5, 5.41) is 0. The van der Waals surface area contributed by atoms with Gasteiger partial charge in [-0.2, -0.15) is 4.72 Å². The van der Waals surface area contributed by atoms with Crippen LogP contribution in [0.25, 0.3) is 0 Å². The molecule has 2 amide bonds. The second kappa shape index (κ2) is 11.3. The first-order valence-electron chi connectivity index (χ1n) is 11.0. The number of sulfonamides is 1. The van der Waals surface area contributed by atoms with Gasteiger partial charge in [-0.05, 0) is 95.0 Å². The van der Waals surface area contributed by atoms with Gasteiger partial charge in [-0.15, -0.1) is 0 Å². The largest absolute Gasteiger partial charge is 0.494 e. The average Bonchev–Trinajstić information content (AvgIpc) is 2.76. The molecule has 34 heavy (non-hydrogen) atoms. The minimum atomic E-state index is -3.97. The maximum atomic E-state index is 13.0. The highest BCUT2D eigenvalue weighted by Crippen LogP contribution is 2.26. The summed E-state index contributed by atoms with van der Waals surface area (Å²) in [5.74, 6) is -0.178. The zero-order valence-corrected chi connectivity index (χ0v) is 21.4. The predicted molar refractivity (Wildman–Crippen MR) is 129 cm³/mol. The third kappa shape index (κ3) is 6.71. The van der Waals surface area contributed by atoms with Gasteiger partial charge in [0.15, 0.2) is 6.10 Å². The molecule has 0 bridgehead atoms. The maximum Gasteiger partial charge on any atom is 0.279 e. The third-order valence-corrected chi connectivity index (χ3v) is 7.23. The zero-order chi connectivity index (χ0) is 25.6. The zero-order valence-electron chi connectivity index (χ0n) is 20.6. The number of rotatable bonds is 9. The van der Waals surface area contributed by atoms with Gasteiger partial charge in [-0.25, -0.2) is 8.42 Å². The number of ether oxygens (including phenoxy) is 2. The van der Waals surface area contributed by atoms with Crippen LogP contribution in [-0.4, -0.2) is 39.0 Å². The van der Waals surface area contributed by atoms with Crippen LogP contribution >= 0.6 is 0 Å². The van der Waals surface area contributed by atoms with E-state index in [1.807, 2.05) is 26.8 Å². The Kier molecular flexibility index (Phi) is 9.06. The lowest BCUT2D eigenvalue weighted by atomic mass is 10.0. The third-order valence-electron chi connectivity index (χ3n) is 5.42. The van der Waals surface area contributed by atoms with Gasteiger partial charge in [0, 0.05) is 0 Å². The van der Waals surface area contributed by atoms with Gasteiger partial charge in [0.25, 0.3) is 11.8 Å². The summed E-state index contributed by atoms with van der Waals surface area (Å²) in [5.41, 5.74) is 7.42. The van der Waals surface area contributed by atoms with Crippen LogP contribution in [0.2, 0.25) is 0 Å². The van der Waals surface area contributed by atoms with Gasteiger partial charge in [-0.3, -0.25) is 20.4 Å². The molecule has 2 aromatic rings. The van der Waals surface area contributed by atoms with E-state index in [9.17, 15) is 18.0 Å². The molecule has 0 aliphatic rings. The lowest BCUT2D eigenvalue weighted by Gasteiger charge is -2.20. The van der Waals surface area contributed by atoms with Crippen molar-refractivity contribution in [2.45, 2.75) is 65.5 Å². The smallest absolute Gasteiger partial charge is 0.279 e. The van der Waals surface area contributed by atoms with Crippen LogP contribution in [0.1, 0.15) is 43.0 Å². The Morgan fingerprint density at radius 2 is 1.38 bits per heavy atom. The molecule has 0 aliphatic heterocycles. The molecule has 0 spiro atoms. The van der Waals surface area contributed by atoms with Gasteiger partial charge in [0.1, 0.15) is 11.5 Å². The Bertz CT molecular complexity index is 1120. The van der Waals surface area contributed by atoms with Crippen LogP contribution in [0.15, 0.2) is 35.2 Å². The van der Waals surface area contributed by atoms with Crippen LogP contribution in [0, 0.1) is 27.7 Å². The summed E-state index contributed by atoms with van der Waals surface area (Å²) >= 11 is 0. The number of aryl methyl sites for hydroxylation is 2. The van der Waals surface area contributed by atoms with E-state index in [2.05, 4.69) is 15.6 Å². The van der Waals surface area contributed by atoms with E-state index in [4.69, 9.17) is 9.47 Å². The number of amides is 2. The lowest BCUT2D eigenvalue weighted by Crippen LogP contribution is -2.53. The van der Waals surface area contributed by atoms with Crippen LogP contribution in [-0.2, 0) is 19.6 Å². The molecule has 1 unspecified atom stereocenters. The van der Waals surface area contributed by atoms with E-state index in [0.29, 0.717) is 29.2 Å². The molecule has 2 atom stereocenters. The fourth-order valence-electron chi connectivity index (χ4n) is 3.30. The van der Waals surface area contributed by atoms with Crippen LogP contribution < -0.4 is 25.0 Å². The molecule has 0 fully saturated rings. The first-order valence-corrected chi connectivity index (χ1v) is 12.4. The van der Waals surface area contributed by atoms with Gasteiger partial charge < -0.3 is 9.47 Å². The van der Waals surface area contributed by atoms with Crippen LogP contribution in [0.3, 0.4) is 0 Å². The predicted octanol–water partition coefficient (Wildman–Crippen LogP) is 2.60. The van der Waals surface area contributed by atoms with Crippen molar-refractivity contribution in [3.8, 4) is 11.5 Å². The highest BCUT2D eigenvalue weighted by molar-refractivity contribution is 7.89. The Labute approximate surface area is 201 Å². The molecule has 3 N–H and O–H groups in total. The Hall–Kier alpha value is -3.11. The van der Waals surface area contributed by atoms with Gasteiger partial charge in [0.2, 0.25) is 10.0 Å². The van der Waals surface area contributed by atoms with Gasteiger partial charge in [-0.1, -0.05) is 6.07 Å². The number of hydrogen-bond donors (Lipinski definition) is 3. The molecule has 186 valence electrons. The van der Waals surface area contributed by atoms with E-state index < -0.39 is 34.0 Å². The normalized spacial score (nSPS) is 13.0. The Morgan fingerprint density at radius 1 is 0.882 bits per heavy atom. The molecule has 0 aliphatic carbocycles. The van der Waals surface area contributed by atoms with Crippen LogP contribution in [0.4, 0.5) is 0 Å². The quantitative estimate of drug-likeness (QED) is 0.464. The molecule has 0 saturated heterocycles. The van der Waals surface area contributed by atoms with E-state index in [1.165, 1.54) is 13.8 Å². The van der Waals surface area contributed by atoms with Crippen molar-refractivity contribution in [2.75, 3.05) is 6.61 Å². The minimum Gasteiger partial charge on any atom is -0.494 e. The van der Waals surface area contributed by atoms with Crippen molar-refractivity contribution < 1.29 is 27.5 Å².